The first kappa shape index (κ1) is 12.9. The maximum absolute atomic E-state index is 7.72. The molecule has 1 atom stereocenters. The molecular formula is C14H22N4. The fourth-order valence-electron chi connectivity index (χ4n) is 2.79. The van der Waals surface area contributed by atoms with Crippen molar-refractivity contribution in [1.82, 2.24) is 4.98 Å². The summed E-state index contributed by atoms with van der Waals surface area (Å²) in [7, 11) is 0. The lowest BCUT2D eigenvalue weighted by molar-refractivity contribution is 0.529. The summed E-state index contributed by atoms with van der Waals surface area (Å²) in [6.07, 6.45) is 5.54. The second-order valence-corrected chi connectivity index (χ2v) is 5.13. The number of aryl methyl sites for hydroxylation is 1. The van der Waals surface area contributed by atoms with Gasteiger partial charge >= 0.3 is 0 Å². The summed E-state index contributed by atoms with van der Waals surface area (Å²) in [5.74, 6) is 1.77. The van der Waals surface area contributed by atoms with Crippen LogP contribution in [0.15, 0.2) is 12.3 Å². The maximum Gasteiger partial charge on any atom is 0.139 e. The monoisotopic (exact) mass is 246 g/mol. The van der Waals surface area contributed by atoms with E-state index < -0.39 is 0 Å². The zero-order valence-electron chi connectivity index (χ0n) is 11.2. The molecule has 0 amide bonds. The summed E-state index contributed by atoms with van der Waals surface area (Å²) >= 11 is 0. The lowest BCUT2D eigenvalue weighted by Gasteiger charge is -2.21. The second-order valence-electron chi connectivity index (χ2n) is 5.13. The second kappa shape index (κ2) is 5.38. The van der Waals surface area contributed by atoms with Crippen molar-refractivity contribution in [1.29, 1.82) is 5.41 Å². The Labute approximate surface area is 109 Å². The van der Waals surface area contributed by atoms with Gasteiger partial charge in [-0.2, -0.15) is 0 Å². The molecule has 0 aliphatic carbocycles. The molecule has 1 aromatic heterocycles. The molecule has 0 bridgehead atoms. The highest BCUT2D eigenvalue weighted by molar-refractivity contribution is 6.01. The van der Waals surface area contributed by atoms with E-state index in [0.29, 0.717) is 0 Å². The molecule has 0 aromatic carbocycles. The number of hydrogen-bond donors (Lipinski definition) is 2. The smallest absolute Gasteiger partial charge is 0.139 e. The van der Waals surface area contributed by atoms with Crippen LogP contribution in [0.2, 0.25) is 0 Å². The van der Waals surface area contributed by atoms with Crippen molar-refractivity contribution in [2.24, 2.45) is 11.7 Å². The van der Waals surface area contributed by atoms with Crippen LogP contribution in [0.3, 0.4) is 0 Å². The molecular weight excluding hydrogens is 224 g/mol. The highest BCUT2D eigenvalue weighted by atomic mass is 15.2. The van der Waals surface area contributed by atoms with Crippen molar-refractivity contribution in [2.75, 3.05) is 18.0 Å². The lowest BCUT2D eigenvalue weighted by Crippen LogP contribution is -2.26. The molecule has 18 heavy (non-hydrogen) atoms. The number of aromatic nitrogens is 1. The predicted molar refractivity (Wildman–Crippen MR) is 75.2 cm³/mol. The highest BCUT2D eigenvalue weighted by Crippen LogP contribution is 2.28. The quantitative estimate of drug-likeness (QED) is 0.633. The van der Waals surface area contributed by atoms with Gasteiger partial charge < -0.3 is 10.6 Å². The number of hydrogen-bond acceptors (Lipinski definition) is 3. The van der Waals surface area contributed by atoms with E-state index in [-0.39, 0.29) is 5.84 Å². The van der Waals surface area contributed by atoms with Gasteiger partial charge in [-0.1, -0.05) is 13.3 Å². The molecule has 2 rings (SSSR count). The van der Waals surface area contributed by atoms with Crippen molar-refractivity contribution >= 4 is 11.7 Å². The average molecular weight is 246 g/mol. The molecule has 1 aliphatic heterocycles. The zero-order chi connectivity index (χ0) is 13.1. The Morgan fingerprint density at radius 3 is 3.06 bits per heavy atom. The van der Waals surface area contributed by atoms with Crippen LogP contribution >= 0.6 is 0 Å². The van der Waals surface area contributed by atoms with Crippen LogP contribution in [0, 0.1) is 18.3 Å². The molecule has 2 heterocycles. The van der Waals surface area contributed by atoms with Gasteiger partial charge in [-0.15, -0.1) is 0 Å². The zero-order valence-corrected chi connectivity index (χ0v) is 11.2. The van der Waals surface area contributed by atoms with Gasteiger partial charge in [0.15, 0.2) is 0 Å². The van der Waals surface area contributed by atoms with Gasteiger partial charge in [0, 0.05) is 19.3 Å². The number of nitrogens with one attached hydrogen (secondary N) is 1. The molecule has 1 fully saturated rings. The minimum Gasteiger partial charge on any atom is -0.384 e. The summed E-state index contributed by atoms with van der Waals surface area (Å²) in [4.78, 5) is 6.72. The van der Waals surface area contributed by atoms with E-state index in [1.165, 1.54) is 19.3 Å². The van der Waals surface area contributed by atoms with Crippen LogP contribution in [0.1, 0.15) is 37.3 Å². The molecule has 0 spiro atoms. The van der Waals surface area contributed by atoms with Crippen molar-refractivity contribution in [3.63, 3.8) is 0 Å². The number of nitrogens with two attached hydrogens (primary N) is 1. The first-order chi connectivity index (χ1) is 8.63. The molecule has 4 heteroatoms. The lowest BCUT2D eigenvalue weighted by atomic mass is 10.0. The van der Waals surface area contributed by atoms with Crippen LogP contribution in [0.5, 0.6) is 0 Å². The van der Waals surface area contributed by atoms with Crippen LogP contribution in [0.25, 0.3) is 0 Å². The topological polar surface area (TPSA) is 66.0 Å². The molecule has 4 nitrogen and oxygen atoms in total. The molecule has 3 N–H and O–H groups in total. The van der Waals surface area contributed by atoms with Crippen LogP contribution in [0.4, 0.5) is 5.82 Å². The Bertz CT molecular complexity index is 441. The number of anilines is 1. The molecule has 1 aromatic rings. The minimum absolute atomic E-state index is 0.120. The fourth-order valence-corrected chi connectivity index (χ4v) is 2.79. The van der Waals surface area contributed by atoms with Crippen LogP contribution < -0.4 is 10.6 Å². The molecule has 1 unspecified atom stereocenters. The van der Waals surface area contributed by atoms with E-state index in [1.807, 2.05) is 19.2 Å². The van der Waals surface area contributed by atoms with E-state index in [2.05, 4.69) is 16.8 Å². The van der Waals surface area contributed by atoms with Crippen LogP contribution in [-0.2, 0) is 0 Å². The maximum atomic E-state index is 7.72. The fraction of sp³-hybridized carbons (Fsp3) is 0.571. The van der Waals surface area contributed by atoms with E-state index in [9.17, 15) is 0 Å². The number of pyridine rings is 1. The molecule has 1 aliphatic rings. The Balaban J connectivity index is 2.24. The van der Waals surface area contributed by atoms with Gasteiger partial charge in [0.1, 0.15) is 11.7 Å². The van der Waals surface area contributed by atoms with Gasteiger partial charge in [-0.3, -0.25) is 5.41 Å². The SMILES string of the molecule is CCCC1CCN(c2nccc(C)c2C(=N)N)C1. The summed E-state index contributed by atoms with van der Waals surface area (Å²) in [5, 5.41) is 7.72. The molecule has 0 radical (unpaired) electrons. The third kappa shape index (κ3) is 2.47. The van der Waals surface area contributed by atoms with Gasteiger partial charge in [0.05, 0.1) is 5.56 Å². The highest BCUT2D eigenvalue weighted by Gasteiger charge is 2.25. The van der Waals surface area contributed by atoms with E-state index in [1.54, 1.807) is 0 Å². The van der Waals surface area contributed by atoms with E-state index >= 15 is 0 Å². The molecule has 0 saturated carbocycles. The van der Waals surface area contributed by atoms with Gasteiger partial charge in [0.25, 0.3) is 0 Å². The van der Waals surface area contributed by atoms with Crippen LogP contribution in [-0.4, -0.2) is 23.9 Å². The van der Waals surface area contributed by atoms with Crippen molar-refractivity contribution in [3.8, 4) is 0 Å². The van der Waals surface area contributed by atoms with Crippen molar-refractivity contribution < 1.29 is 0 Å². The Morgan fingerprint density at radius 2 is 2.39 bits per heavy atom. The largest absolute Gasteiger partial charge is 0.384 e. The molecule has 1 saturated heterocycles. The third-order valence-electron chi connectivity index (χ3n) is 3.69. The minimum atomic E-state index is 0.120. The Hall–Kier alpha value is -1.58. The summed E-state index contributed by atoms with van der Waals surface area (Å²) in [6, 6.07) is 1.92. The third-order valence-corrected chi connectivity index (χ3v) is 3.69. The van der Waals surface area contributed by atoms with Gasteiger partial charge in [-0.25, -0.2) is 4.98 Å². The number of rotatable bonds is 4. The van der Waals surface area contributed by atoms with E-state index in [4.69, 9.17) is 11.1 Å². The summed E-state index contributed by atoms with van der Waals surface area (Å²) in [5.41, 5.74) is 7.53. The van der Waals surface area contributed by atoms with Crippen molar-refractivity contribution in [3.05, 3.63) is 23.4 Å². The molecule has 98 valence electrons. The number of amidine groups is 1. The standard InChI is InChI=1S/C14H22N4/c1-3-4-11-6-8-18(9-11)14-12(13(15)16)10(2)5-7-17-14/h5,7,11H,3-4,6,8-9H2,1-2H3,(H3,15,16). The summed E-state index contributed by atoms with van der Waals surface area (Å²) < 4.78 is 0. The Kier molecular flexibility index (Phi) is 3.84. The normalized spacial score (nSPS) is 19.2. The number of nitrogens with zero attached hydrogens (tertiary/aromatic N) is 2. The number of nitrogen functional groups attached to an aromatic ring is 1. The van der Waals surface area contributed by atoms with Crippen molar-refractivity contribution in [2.45, 2.75) is 33.1 Å². The summed E-state index contributed by atoms with van der Waals surface area (Å²) in [6.45, 7) is 6.29. The van der Waals surface area contributed by atoms with Gasteiger partial charge in [0.2, 0.25) is 0 Å². The predicted octanol–water partition coefficient (Wildman–Crippen LogP) is 2.30. The van der Waals surface area contributed by atoms with E-state index in [0.717, 1.165) is 36.0 Å². The first-order valence-electron chi connectivity index (χ1n) is 6.68. The Morgan fingerprint density at radius 1 is 1.61 bits per heavy atom. The first-order valence-corrected chi connectivity index (χ1v) is 6.68. The average Bonchev–Trinajstić information content (AvgIpc) is 2.77. The van der Waals surface area contributed by atoms with Gasteiger partial charge in [-0.05, 0) is 37.3 Å².